The number of rotatable bonds is 3. The third-order valence-electron chi connectivity index (χ3n) is 5.57. The first-order valence-corrected chi connectivity index (χ1v) is 10.5. The van der Waals surface area contributed by atoms with E-state index in [9.17, 15) is 9.59 Å². The quantitative estimate of drug-likeness (QED) is 0.664. The van der Waals surface area contributed by atoms with Gasteiger partial charge in [0.2, 0.25) is 0 Å². The van der Waals surface area contributed by atoms with Gasteiger partial charge in [0.1, 0.15) is 10.6 Å². The van der Waals surface area contributed by atoms with Crippen molar-refractivity contribution in [2.75, 3.05) is 20.1 Å². The van der Waals surface area contributed by atoms with Crippen molar-refractivity contribution in [2.45, 2.75) is 32.2 Å². The van der Waals surface area contributed by atoms with Crippen LogP contribution in [0.15, 0.2) is 36.5 Å². The van der Waals surface area contributed by atoms with Gasteiger partial charge >= 0.3 is 0 Å². The lowest BCUT2D eigenvalue weighted by atomic mass is 10.1. The molecule has 3 aromatic rings. The van der Waals surface area contributed by atoms with E-state index < -0.39 is 0 Å². The van der Waals surface area contributed by atoms with E-state index in [4.69, 9.17) is 0 Å². The lowest BCUT2D eigenvalue weighted by Gasteiger charge is -2.27. The highest BCUT2D eigenvalue weighted by Gasteiger charge is 2.28. The number of carbonyl (C=O) groups excluding carboxylic acids is 2. The van der Waals surface area contributed by atoms with Crippen molar-refractivity contribution in [3.8, 4) is 0 Å². The molecule has 1 atom stereocenters. The first kappa shape index (κ1) is 19.4. The number of aromatic nitrogens is 3. The Morgan fingerprint density at radius 2 is 2.00 bits per heavy atom. The molecule has 2 amide bonds. The molecule has 4 rings (SSSR count). The number of hydrogen-bond acceptors (Lipinski definition) is 6. The summed E-state index contributed by atoms with van der Waals surface area (Å²) in [6.45, 7) is 3.10. The fourth-order valence-corrected chi connectivity index (χ4v) is 4.49. The number of likely N-dealkylation sites (tertiary alicyclic amines) is 1. The molecule has 1 saturated heterocycles. The summed E-state index contributed by atoms with van der Waals surface area (Å²) >= 11 is 1.14. The van der Waals surface area contributed by atoms with Crippen molar-refractivity contribution in [1.82, 2.24) is 24.4 Å². The molecule has 150 valence electrons. The molecule has 1 fully saturated rings. The zero-order chi connectivity index (χ0) is 20.4. The summed E-state index contributed by atoms with van der Waals surface area (Å²) in [5.74, 6) is -0.0862. The third kappa shape index (κ3) is 3.85. The van der Waals surface area contributed by atoms with E-state index in [2.05, 4.69) is 14.6 Å². The van der Waals surface area contributed by atoms with Crippen LogP contribution in [0, 0.1) is 6.92 Å². The largest absolute Gasteiger partial charge is 0.338 e. The van der Waals surface area contributed by atoms with Crippen LogP contribution in [0.1, 0.15) is 45.1 Å². The molecule has 0 saturated carbocycles. The van der Waals surface area contributed by atoms with Gasteiger partial charge in [-0.15, -0.1) is 5.10 Å². The maximum atomic E-state index is 13.2. The predicted molar refractivity (Wildman–Crippen MR) is 112 cm³/mol. The summed E-state index contributed by atoms with van der Waals surface area (Å²) in [4.78, 5) is 34.6. The SMILES string of the molecule is Cc1nnsc1C(=O)N1CCCC(N(C)C(=O)c2nccc3ccccc23)CC1. The normalized spacial score (nSPS) is 17.2. The Labute approximate surface area is 173 Å². The number of benzene rings is 1. The Morgan fingerprint density at radius 1 is 1.17 bits per heavy atom. The summed E-state index contributed by atoms with van der Waals surface area (Å²) in [5.41, 5.74) is 1.16. The molecule has 0 aliphatic carbocycles. The number of fused-ring (bicyclic) bond motifs is 1. The highest BCUT2D eigenvalue weighted by Crippen LogP contribution is 2.23. The van der Waals surface area contributed by atoms with E-state index in [0.717, 1.165) is 41.6 Å². The van der Waals surface area contributed by atoms with Gasteiger partial charge in [0.15, 0.2) is 0 Å². The van der Waals surface area contributed by atoms with E-state index in [1.54, 1.807) is 18.0 Å². The van der Waals surface area contributed by atoms with Gasteiger partial charge in [0.25, 0.3) is 11.8 Å². The van der Waals surface area contributed by atoms with Crippen LogP contribution in [0.4, 0.5) is 0 Å². The molecular formula is C21H23N5O2S. The van der Waals surface area contributed by atoms with E-state index in [1.807, 2.05) is 42.3 Å². The molecule has 8 heteroatoms. The van der Waals surface area contributed by atoms with Gasteiger partial charge in [-0.05, 0) is 49.2 Å². The van der Waals surface area contributed by atoms with E-state index in [0.29, 0.717) is 29.4 Å². The molecule has 7 nitrogen and oxygen atoms in total. The highest BCUT2D eigenvalue weighted by atomic mass is 32.1. The van der Waals surface area contributed by atoms with Crippen molar-refractivity contribution < 1.29 is 9.59 Å². The maximum absolute atomic E-state index is 13.2. The fourth-order valence-electron chi connectivity index (χ4n) is 3.86. The molecular weight excluding hydrogens is 386 g/mol. The molecule has 29 heavy (non-hydrogen) atoms. The average molecular weight is 410 g/mol. The topological polar surface area (TPSA) is 79.3 Å². The zero-order valence-corrected chi connectivity index (χ0v) is 17.4. The van der Waals surface area contributed by atoms with Crippen LogP contribution in [-0.2, 0) is 0 Å². The molecule has 0 bridgehead atoms. The molecule has 1 aliphatic rings. The molecule has 1 unspecified atom stereocenters. The Bertz CT molecular complexity index is 1040. The Hall–Kier alpha value is -2.87. The molecule has 0 spiro atoms. The van der Waals surface area contributed by atoms with Gasteiger partial charge in [-0.25, -0.2) is 0 Å². The minimum Gasteiger partial charge on any atom is -0.338 e. The maximum Gasteiger partial charge on any atom is 0.273 e. The van der Waals surface area contributed by atoms with Crippen LogP contribution in [0.25, 0.3) is 10.8 Å². The lowest BCUT2D eigenvalue weighted by molar-refractivity contribution is 0.0707. The summed E-state index contributed by atoms with van der Waals surface area (Å²) in [7, 11) is 1.84. The monoisotopic (exact) mass is 409 g/mol. The number of hydrogen-bond donors (Lipinski definition) is 0. The zero-order valence-electron chi connectivity index (χ0n) is 16.5. The van der Waals surface area contributed by atoms with Crippen molar-refractivity contribution in [3.05, 3.63) is 52.8 Å². The standard InChI is InChI=1S/C21H23N5O2S/c1-14-19(29-24-23-14)21(28)26-12-5-7-16(10-13-26)25(2)20(27)18-17-8-4-3-6-15(17)9-11-22-18/h3-4,6,8-9,11,16H,5,7,10,12-13H2,1-2H3. The van der Waals surface area contributed by atoms with Crippen LogP contribution >= 0.6 is 11.5 Å². The van der Waals surface area contributed by atoms with Gasteiger partial charge in [0, 0.05) is 37.8 Å². The second-order valence-corrected chi connectivity index (χ2v) is 8.12. The second-order valence-electron chi connectivity index (χ2n) is 7.36. The van der Waals surface area contributed by atoms with Crippen LogP contribution in [0.2, 0.25) is 0 Å². The Balaban J connectivity index is 1.48. The first-order valence-electron chi connectivity index (χ1n) is 9.75. The second kappa shape index (κ2) is 8.24. The highest BCUT2D eigenvalue weighted by molar-refractivity contribution is 7.07. The summed E-state index contributed by atoms with van der Waals surface area (Å²) in [5, 5.41) is 5.81. The number of carbonyl (C=O) groups is 2. The van der Waals surface area contributed by atoms with Crippen molar-refractivity contribution in [3.63, 3.8) is 0 Å². The Kier molecular flexibility index (Phi) is 5.53. The summed E-state index contributed by atoms with van der Waals surface area (Å²) < 4.78 is 3.87. The third-order valence-corrected chi connectivity index (χ3v) is 6.39. The van der Waals surface area contributed by atoms with E-state index in [-0.39, 0.29) is 17.9 Å². The minimum absolute atomic E-state index is 0.0113. The van der Waals surface area contributed by atoms with Crippen LogP contribution < -0.4 is 0 Å². The van der Waals surface area contributed by atoms with Crippen molar-refractivity contribution >= 4 is 34.1 Å². The van der Waals surface area contributed by atoms with Gasteiger partial charge in [0.05, 0.1) is 5.69 Å². The first-order chi connectivity index (χ1) is 14.1. The molecule has 1 aliphatic heterocycles. The number of pyridine rings is 1. The van der Waals surface area contributed by atoms with Gasteiger partial charge < -0.3 is 9.80 Å². The molecule has 1 aromatic carbocycles. The molecule has 3 heterocycles. The van der Waals surface area contributed by atoms with Crippen LogP contribution in [-0.4, -0.2) is 62.4 Å². The minimum atomic E-state index is -0.0749. The molecule has 0 N–H and O–H groups in total. The van der Waals surface area contributed by atoms with Gasteiger partial charge in [-0.2, -0.15) is 0 Å². The number of amides is 2. The van der Waals surface area contributed by atoms with Crippen molar-refractivity contribution in [1.29, 1.82) is 0 Å². The summed E-state index contributed by atoms with van der Waals surface area (Å²) in [6, 6.07) is 9.78. The lowest BCUT2D eigenvalue weighted by Crippen LogP contribution is -2.39. The van der Waals surface area contributed by atoms with Gasteiger partial charge in [-0.3, -0.25) is 14.6 Å². The van der Waals surface area contributed by atoms with Crippen LogP contribution in [0.5, 0.6) is 0 Å². The van der Waals surface area contributed by atoms with Crippen molar-refractivity contribution in [2.24, 2.45) is 0 Å². The van der Waals surface area contributed by atoms with E-state index >= 15 is 0 Å². The number of nitrogens with zero attached hydrogens (tertiary/aromatic N) is 5. The smallest absolute Gasteiger partial charge is 0.273 e. The molecule has 2 aromatic heterocycles. The van der Waals surface area contributed by atoms with Gasteiger partial charge in [-0.1, -0.05) is 28.8 Å². The van der Waals surface area contributed by atoms with Crippen LogP contribution in [0.3, 0.4) is 0 Å². The number of aryl methyl sites for hydroxylation is 1. The summed E-state index contributed by atoms with van der Waals surface area (Å²) in [6.07, 6.45) is 4.13. The predicted octanol–water partition coefficient (Wildman–Crippen LogP) is 3.16. The van der Waals surface area contributed by atoms with E-state index in [1.165, 1.54) is 0 Å². The molecule has 0 radical (unpaired) electrons. The fraction of sp³-hybridized carbons (Fsp3) is 0.381. The Morgan fingerprint density at radius 3 is 2.79 bits per heavy atom. The average Bonchev–Trinajstić information content (AvgIpc) is 3.03.